The van der Waals surface area contributed by atoms with Gasteiger partial charge in [-0.3, -0.25) is 9.59 Å². The number of rotatable bonds is 8. The van der Waals surface area contributed by atoms with Gasteiger partial charge in [-0.05, 0) is 30.2 Å². The van der Waals surface area contributed by atoms with Gasteiger partial charge in [0, 0.05) is 18.7 Å². The molecule has 1 saturated heterocycles. The van der Waals surface area contributed by atoms with E-state index in [4.69, 9.17) is 18.9 Å². The maximum Gasteiger partial charge on any atom is 0.242 e. The molecule has 0 bridgehead atoms. The number of nitrogens with zero attached hydrogens (tertiary/aromatic N) is 1. The van der Waals surface area contributed by atoms with Crippen molar-refractivity contribution >= 4 is 11.8 Å². The lowest BCUT2D eigenvalue weighted by atomic mass is 9.97. The summed E-state index contributed by atoms with van der Waals surface area (Å²) >= 11 is 0. The van der Waals surface area contributed by atoms with Gasteiger partial charge in [-0.25, -0.2) is 4.39 Å². The molecule has 32 heavy (non-hydrogen) atoms. The maximum atomic E-state index is 13.8. The van der Waals surface area contributed by atoms with Gasteiger partial charge in [0.2, 0.25) is 11.8 Å². The van der Waals surface area contributed by atoms with E-state index >= 15 is 0 Å². The minimum absolute atomic E-state index is 0.129. The van der Waals surface area contributed by atoms with E-state index in [-0.39, 0.29) is 37.9 Å². The van der Waals surface area contributed by atoms with Crippen molar-refractivity contribution in [3.63, 3.8) is 0 Å². The quantitative estimate of drug-likeness (QED) is 0.669. The largest absolute Gasteiger partial charge is 0.496 e. The summed E-state index contributed by atoms with van der Waals surface area (Å²) in [5, 5.41) is 2.66. The average molecular weight is 446 g/mol. The first-order chi connectivity index (χ1) is 15.4. The van der Waals surface area contributed by atoms with Crippen LogP contribution in [0.25, 0.3) is 0 Å². The molecule has 0 aliphatic carbocycles. The molecular weight excluding hydrogens is 419 g/mol. The second-order valence-corrected chi connectivity index (χ2v) is 7.36. The summed E-state index contributed by atoms with van der Waals surface area (Å²) < 4.78 is 35.4. The average Bonchev–Trinajstić information content (AvgIpc) is 2.93. The Kier molecular flexibility index (Phi) is 7.40. The number of methoxy groups -OCH3 is 4. The van der Waals surface area contributed by atoms with Gasteiger partial charge in [-0.1, -0.05) is 0 Å². The predicted octanol–water partition coefficient (Wildman–Crippen LogP) is 2.18. The fourth-order valence-electron chi connectivity index (χ4n) is 3.78. The lowest BCUT2D eigenvalue weighted by molar-refractivity contribution is -0.130. The number of carbonyl (C=O) groups excluding carboxylic acids is 2. The summed E-state index contributed by atoms with van der Waals surface area (Å²) in [4.78, 5) is 27.0. The first-order valence-corrected chi connectivity index (χ1v) is 10.1. The van der Waals surface area contributed by atoms with Gasteiger partial charge < -0.3 is 29.2 Å². The standard InChI is InChI=1S/C23H27FN2O6/c1-29-17-9-20(31-3)18(21(10-17)32-4)13-26-12-15(23(28)25-11-22(26)27)7-14-8-16(24)5-6-19(14)30-2/h5-6,8-10,15H,7,11-13H2,1-4H3,(H,25,28). The second-order valence-electron chi connectivity index (χ2n) is 7.36. The van der Waals surface area contributed by atoms with Crippen LogP contribution in [0.4, 0.5) is 4.39 Å². The van der Waals surface area contributed by atoms with Crippen LogP contribution in [0.1, 0.15) is 11.1 Å². The van der Waals surface area contributed by atoms with Gasteiger partial charge >= 0.3 is 0 Å². The van der Waals surface area contributed by atoms with E-state index in [9.17, 15) is 14.0 Å². The molecule has 2 amide bonds. The maximum absolute atomic E-state index is 13.8. The van der Waals surface area contributed by atoms with Crippen LogP contribution in [-0.4, -0.2) is 58.2 Å². The van der Waals surface area contributed by atoms with E-state index in [1.54, 1.807) is 17.0 Å². The Balaban J connectivity index is 1.90. The van der Waals surface area contributed by atoms with Crippen LogP contribution in [0, 0.1) is 11.7 Å². The molecule has 1 atom stereocenters. The monoisotopic (exact) mass is 446 g/mol. The van der Waals surface area contributed by atoms with Crippen molar-refractivity contribution in [3.8, 4) is 23.0 Å². The zero-order valence-electron chi connectivity index (χ0n) is 18.6. The Morgan fingerprint density at radius 1 is 0.969 bits per heavy atom. The summed E-state index contributed by atoms with van der Waals surface area (Å²) in [6, 6.07) is 7.58. The van der Waals surface area contributed by atoms with Crippen LogP contribution in [0.2, 0.25) is 0 Å². The molecule has 172 valence electrons. The number of hydrogen-bond donors (Lipinski definition) is 1. The molecule has 0 radical (unpaired) electrons. The molecule has 9 heteroatoms. The van der Waals surface area contributed by atoms with E-state index in [0.717, 1.165) is 0 Å². The van der Waals surface area contributed by atoms with Gasteiger partial charge in [0.05, 0.1) is 53.0 Å². The topological polar surface area (TPSA) is 86.3 Å². The minimum atomic E-state index is -0.590. The van der Waals surface area contributed by atoms with E-state index in [1.807, 2.05) is 0 Å². The molecule has 3 rings (SSSR count). The molecule has 0 aromatic heterocycles. The van der Waals surface area contributed by atoms with Gasteiger partial charge in [0.25, 0.3) is 0 Å². The molecule has 8 nitrogen and oxygen atoms in total. The SMILES string of the molecule is COc1cc(OC)c(CN2CC(Cc3cc(F)ccc3OC)C(=O)NCC2=O)c(OC)c1. The number of carbonyl (C=O) groups is 2. The Hall–Kier alpha value is -3.49. The normalized spacial score (nSPS) is 16.3. The highest BCUT2D eigenvalue weighted by Gasteiger charge is 2.31. The minimum Gasteiger partial charge on any atom is -0.496 e. The van der Waals surface area contributed by atoms with Crippen LogP contribution in [0.15, 0.2) is 30.3 Å². The van der Waals surface area contributed by atoms with Crippen molar-refractivity contribution in [2.75, 3.05) is 41.5 Å². The lowest BCUT2D eigenvalue weighted by Gasteiger charge is -2.26. The molecule has 1 aliphatic heterocycles. The van der Waals surface area contributed by atoms with Crippen molar-refractivity contribution in [2.24, 2.45) is 5.92 Å². The number of ether oxygens (including phenoxy) is 4. The van der Waals surface area contributed by atoms with Gasteiger partial charge in [0.15, 0.2) is 0 Å². The molecule has 1 unspecified atom stereocenters. The second kappa shape index (κ2) is 10.2. The van der Waals surface area contributed by atoms with E-state index in [0.29, 0.717) is 34.1 Å². The first kappa shape index (κ1) is 23.2. The number of amides is 2. The molecule has 0 spiro atoms. The molecule has 1 heterocycles. The van der Waals surface area contributed by atoms with Crippen LogP contribution in [0.5, 0.6) is 23.0 Å². The molecular formula is C23H27FN2O6. The van der Waals surface area contributed by atoms with E-state index < -0.39 is 11.7 Å². The highest BCUT2D eigenvalue weighted by molar-refractivity contribution is 5.88. The number of benzene rings is 2. The Labute approximate surface area is 186 Å². The Bertz CT molecular complexity index is 971. The summed E-state index contributed by atoms with van der Waals surface area (Å²) in [6.45, 7) is 0.181. The van der Waals surface area contributed by atoms with Crippen LogP contribution < -0.4 is 24.3 Å². The molecule has 2 aromatic rings. The van der Waals surface area contributed by atoms with Gasteiger partial charge in [-0.2, -0.15) is 0 Å². The van der Waals surface area contributed by atoms with E-state index in [1.165, 1.54) is 46.6 Å². The third-order valence-corrected chi connectivity index (χ3v) is 5.45. The smallest absolute Gasteiger partial charge is 0.242 e. The fourth-order valence-corrected chi connectivity index (χ4v) is 3.78. The third kappa shape index (κ3) is 5.04. The highest BCUT2D eigenvalue weighted by atomic mass is 19.1. The fraction of sp³-hybridized carbons (Fsp3) is 0.391. The van der Waals surface area contributed by atoms with Crippen LogP contribution in [-0.2, 0) is 22.6 Å². The summed E-state index contributed by atoms with van der Waals surface area (Å²) in [5.41, 5.74) is 1.21. The summed E-state index contributed by atoms with van der Waals surface area (Å²) in [7, 11) is 6.06. The van der Waals surface area contributed by atoms with Crippen molar-refractivity contribution in [1.29, 1.82) is 0 Å². The Morgan fingerprint density at radius 2 is 1.62 bits per heavy atom. The molecule has 1 fully saturated rings. The first-order valence-electron chi connectivity index (χ1n) is 10.1. The third-order valence-electron chi connectivity index (χ3n) is 5.45. The number of halogens is 1. The van der Waals surface area contributed by atoms with Crippen LogP contribution in [0.3, 0.4) is 0 Å². The molecule has 1 N–H and O–H groups in total. The van der Waals surface area contributed by atoms with Crippen molar-refractivity contribution < 1.29 is 32.9 Å². The number of hydrogen-bond acceptors (Lipinski definition) is 6. The van der Waals surface area contributed by atoms with Crippen LogP contribution >= 0.6 is 0 Å². The molecule has 1 aliphatic rings. The van der Waals surface area contributed by atoms with E-state index in [2.05, 4.69) is 5.32 Å². The zero-order valence-corrected chi connectivity index (χ0v) is 18.6. The highest BCUT2D eigenvalue weighted by Crippen LogP contribution is 2.35. The van der Waals surface area contributed by atoms with Crippen molar-refractivity contribution in [3.05, 3.63) is 47.3 Å². The summed E-state index contributed by atoms with van der Waals surface area (Å²) in [5.74, 6) is 0.509. The molecule has 2 aromatic carbocycles. The number of nitrogens with one attached hydrogen (secondary N) is 1. The Morgan fingerprint density at radius 3 is 2.22 bits per heavy atom. The summed E-state index contributed by atoms with van der Waals surface area (Å²) in [6.07, 6.45) is 0.216. The zero-order chi connectivity index (χ0) is 23.3. The lowest BCUT2D eigenvalue weighted by Crippen LogP contribution is -2.35. The van der Waals surface area contributed by atoms with Crippen molar-refractivity contribution in [2.45, 2.75) is 13.0 Å². The predicted molar refractivity (Wildman–Crippen MR) is 115 cm³/mol. The van der Waals surface area contributed by atoms with Crippen molar-refractivity contribution in [1.82, 2.24) is 10.2 Å². The molecule has 0 saturated carbocycles. The van der Waals surface area contributed by atoms with Gasteiger partial charge in [0.1, 0.15) is 28.8 Å². The van der Waals surface area contributed by atoms with Gasteiger partial charge in [-0.15, -0.1) is 0 Å².